The van der Waals surface area contributed by atoms with Gasteiger partial charge in [-0.05, 0) is 50.5 Å². The van der Waals surface area contributed by atoms with Gasteiger partial charge in [-0.25, -0.2) is 0 Å². The molecule has 0 aliphatic carbocycles. The molecule has 0 spiro atoms. The van der Waals surface area contributed by atoms with Crippen LogP contribution in [0.15, 0.2) is 30.3 Å². The molecule has 0 bridgehead atoms. The standard InChI is InChI=1S/C19H22N2O3S/c1-13-10-17(25-14(13)2)19(23)20-15-6-5-7-16(11-15)24-12-18(22)21-8-3-4-9-21/h5-7,10-11H,3-4,8-9,12H2,1-2H3,(H,20,23). The normalized spacial score (nSPS) is 13.8. The summed E-state index contributed by atoms with van der Waals surface area (Å²) in [6.45, 7) is 5.66. The number of ether oxygens (including phenoxy) is 1. The van der Waals surface area contributed by atoms with E-state index in [0.29, 0.717) is 16.3 Å². The molecule has 0 unspecified atom stereocenters. The zero-order valence-electron chi connectivity index (χ0n) is 14.5. The summed E-state index contributed by atoms with van der Waals surface area (Å²) in [4.78, 5) is 28.0. The molecule has 1 aliphatic rings. The average molecular weight is 358 g/mol. The largest absolute Gasteiger partial charge is 0.484 e. The topological polar surface area (TPSA) is 58.6 Å². The predicted molar refractivity (Wildman–Crippen MR) is 99.5 cm³/mol. The van der Waals surface area contributed by atoms with Gasteiger partial charge in [-0.1, -0.05) is 6.07 Å². The summed E-state index contributed by atoms with van der Waals surface area (Å²) in [7, 11) is 0. The molecule has 132 valence electrons. The monoisotopic (exact) mass is 358 g/mol. The number of aryl methyl sites for hydroxylation is 2. The second-order valence-corrected chi connectivity index (χ2v) is 7.46. The summed E-state index contributed by atoms with van der Waals surface area (Å²) in [6, 6.07) is 9.02. The third-order valence-corrected chi connectivity index (χ3v) is 5.45. The lowest BCUT2D eigenvalue weighted by atomic mass is 10.2. The van der Waals surface area contributed by atoms with Gasteiger partial charge < -0.3 is 15.0 Å². The number of carbonyl (C=O) groups is 2. The minimum atomic E-state index is -0.133. The van der Waals surface area contributed by atoms with Crippen molar-refractivity contribution in [3.05, 3.63) is 45.6 Å². The van der Waals surface area contributed by atoms with Crippen LogP contribution in [0.4, 0.5) is 5.69 Å². The summed E-state index contributed by atoms with van der Waals surface area (Å²) < 4.78 is 5.59. The molecule has 2 heterocycles. The molecular formula is C19H22N2O3S. The summed E-state index contributed by atoms with van der Waals surface area (Å²) >= 11 is 1.48. The van der Waals surface area contributed by atoms with Gasteiger partial charge >= 0.3 is 0 Å². The predicted octanol–water partition coefficient (Wildman–Crippen LogP) is 3.62. The highest BCUT2D eigenvalue weighted by Crippen LogP contribution is 2.23. The number of likely N-dealkylation sites (tertiary alicyclic amines) is 1. The molecular weight excluding hydrogens is 336 g/mol. The summed E-state index contributed by atoms with van der Waals surface area (Å²) in [6.07, 6.45) is 2.13. The van der Waals surface area contributed by atoms with Crippen molar-refractivity contribution in [2.45, 2.75) is 26.7 Å². The summed E-state index contributed by atoms with van der Waals surface area (Å²) in [5.74, 6) is 0.451. The molecule has 0 atom stereocenters. The third kappa shape index (κ3) is 4.39. The first-order chi connectivity index (χ1) is 12.0. The fourth-order valence-electron chi connectivity index (χ4n) is 2.74. The molecule has 6 heteroatoms. The molecule has 5 nitrogen and oxygen atoms in total. The Morgan fingerprint density at radius 3 is 2.64 bits per heavy atom. The molecule has 0 radical (unpaired) electrons. The second-order valence-electron chi connectivity index (χ2n) is 6.21. The van der Waals surface area contributed by atoms with Gasteiger partial charge in [0.2, 0.25) is 0 Å². The van der Waals surface area contributed by atoms with Crippen molar-refractivity contribution in [2.24, 2.45) is 0 Å². The number of carbonyl (C=O) groups excluding carboxylic acids is 2. The first kappa shape index (κ1) is 17.5. The van der Waals surface area contributed by atoms with Crippen molar-refractivity contribution >= 4 is 28.8 Å². The quantitative estimate of drug-likeness (QED) is 0.888. The van der Waals surface area contributed by atoms with Gasteiger partial charge in [0.05, 0.1) is 4.88 Å². The van der Waals surface area contributed by atoms with E-state index < -0.39 is 0 Å². The maximum Gasteiger partial charge on any atom is 0.265 e. The highest BCUT2D eigenvalue weighted by atomic mass is 32.1. The van der Waals surface area contributed by atoms with Crippen LogP contribution < -0.4 is 10.1 Å². The Bertz CT molecular complexity index is 759. The van der Waals surface area contributed by atoms with E-state index in [9.17, 15) is 9.59 Å². The molecule has 0 saturated carbocycles. The molecule has 25 heavy (non-hydrogen) atoms. The SMILES string of the molecule is Cc1cc(C(=O)Nc2cccc(OCC(=O)N3CCCC3)c2)sc1C. The number of rotatable bonds is 5. The van der Waals surface area contributed by atoms with Crippen molar-refractivity contribution in [1.82, 2.24) is 4.90 Å². The van der Waals surface area contributed by atoms with Gasteiger partial charge in [0.1, 0.15) is 5.75 Å². The number of amides is 2. The van der Waals surface area contributed by atoms with Gasteiger partial charge in [-0.3, -0.25) is 9.59 Å². The lowest BCUT2D eigenvalue weighted by Gasteiger charge is -2.15. The Kier molecular flexibility index (Phi) is 5.38. The van der Waals surface area contributed by atoms with E-state index in [-0.39, 0.29) is 18.4 Å². The van der Waals surface area contributed by atoms with Crippen molar-refractivity contribution in [3.8, 4) is 5.75 Å². The van der Waals surface area contributed by atoms with Crippen LogP contribution in [0.1, 0.15) is 33.0 Å². The number of hydrogen-bond acceptors (Lipinski definition) is 4. The Labute approximate surface area is 151 Å². The van der Waals surface area contributed by atoms with Crippen LogP contribution in [0.5, 0.6) is 5.75 Å². The van der Waals surface area contributed by atoms with E-state index in [2.05, 4.69) is 5.32 Å². The first-order valence-electron chi connectivity index (χ1n) is 8.42. The minimum Gasteiger partial charge on any atom is -0.484 e. The number of anilines is 1. The smallest absolute Gasteiger partial charge is 0.265 e. The fraction of sp³-hybridized carbons (Fsp3) is 0.368. The number of thiophene rings is 1. The Hall–Kier alpha value is -2.34. The third-order valence-electron chi connectivity index (χ3n) is 4.30. The van der Waals surface area contributed by atoms with E-state index in [1.54, 1.807) is 24.3 Å². The number of nitrogens with one attached hydrogen (secondary N) is 1. The Balaban J connectivity index is 1.59. The lowest BCUT2D eigenvalue weighted by molar-refractivity contribution is -0.132. The zero-order chi connectivity index (χ0) is 17.8. The van der Waals surface area contributed by atoms with Crippen LogP contribution >= 0.6 is 11.3 Å². The minimum absolute atomic E-state index is 0.0106. The van der Waals surface area contributed by atoms with Crippen LogP contribution in [0.2, 0.25) is 0 Å². The van der Waals surface area contributed by atoms with E-state index in [1.165, 1.54) is 11.3 Å². The highest BCUT2D eigenvalue weighted by molar-refractivity contribution is 7.14. The number of nitrogens with zero attached hydrogens (tertiary/aromatic N) is 1. The van der Waals surface area contributed by atoms with Gasteiger partial charge in [-0.2, -0.15) is 0 Å². The van der Waals surface area contributed by atoms with Gasteiger partial charge in [0.25, 0.3) is 11.8 Å². The van der Waals surface area contributed by atoms with Crippen LogP contribution in [-0.2, 0) is 4.79 Å². The molecule has 1 aliphatic heterocycles. The van der Waals surface area contributed by atoms with E-state index in [4.69, 9.17) is 4.74 Å². The Morgan fingerprint density at radius 1 is 1.20 bits per heavy atom. The summed E-state index contributed by atoms with van der Waals surface area (Å²) in [5, 5.41) is 2.88. The van der Waals surface area contributed by atoms with Crippen LogP contribution in [0.3, 0.4) is 0 Å². The second kappa shape index (κ2) is 7.70. The first-order valence-corrected chi connectivity index (χ1v) is 9.23. The van der Waals surface area contributed by atoms with Gasteiger partial charge in [-0.15, -0.1) is 11.3 Å². The maximum atomic E-state index is 12.3. The lowest BCUT2D eigenvalue weighted by Crippen LogP contribution is -2.32. The van der Waals surface area contributed by atoms with Crippen LogP contribution in [-0.4, -0.2) is 36.4 Å². The molecule has 1 N–H and O–H groups in total. The van der Waals surface area contributed by atoms with Gasteiger partial charge in [0, 0.05) is 29.7 Å². The molecule has 3 rings (SSSR count). The van der Waals surface area contributed by atoms with Crippen LogP contribution in [0.25, 0.3) is 0 Å². The van der Waals surface area contributed by atoms with Crippen molar-refractivity contribution in [1.29, 1.82) is 0 Å². The molecule has 1 fully saturated rings. The average Bonchev–Trinajstić information content (AvgIpc) is 3.24. The molecule has 1 aromatic carbocycles. The molecule has 1 saturated heterocycles. The zero-order valence-corrected chi connectivity index (χ0v) is 15.3. The van der Waals surface area contributed by atoms with E-state index >= 15 is 0 Å². The van der Waals surface area contributed by atoms with Crippen LogP contribution in [0, 0.1) is 13.8 Å². The van der Waals surface area contributed by atoms with Gasteiger partial charge in [0.15, 0.2) is 6.61 Å². The Morgan fingerprint density at radius 2 is 1.96 bits per heavy atom. The number of benzene rings is 1. The molecule has 2 amide bonds. The van der Waals surface area contributed by atoms with Crippen molar-refractivity contribution < 1.29 is 14.3 Å². The highest BCUT2D eigenvalue weighted by Gasteiger charge is 2.18. The molecule has 1 aromatic heterocycles. The van der Waals surface area contributed by atoms with E-state index in [0.717, 1.165) is 36.4 Å². The summed E-state index contributed by atoms with van der Waals surface area (Å²) in [5.41, 5.74) is 1.77. The maximum absolute atomic E-state index is 12.3. The number of hydrogen-bond donors (Lipinski definition) is 1. The van der Waals surface area contributed by atoms with Crippen molar-refractivity contribution in [2.75, 3.05) is 25.0 Å². The van der Waals surface area contributed by atoms with E-state index in [1.807, 2.05) is 24.8 Å². The molecule has 2 aromatic rings. The van der Waals surface area contributed by atoms with Crippen molar-refractivity contribution in [3.63, 3.8) is 0 Å². The fourth-order valence-corrected chi connectivity index (χ4v) is 3.67.